The van der Waals surface area contributed by atoms with Crippen LogP contribution in [0.15, 0.2) is 249 Å². The summed E-state index contributed by atoms with van der Waals surface area (Å²) >= 11 is 0. The Balaban J connectivity index is 1.09. The number of hydrogen-bond acceptors (Lipinski definition) is 2. The summed E-state index contributed by atoms with van der Waals surface area (Å²) in [7, 11) is 0. The monoisotopic (exact) mass is 900 g/mol. The first kappa shape index (κ1) is 38.6. The second-order valence-corrected chi connectivity index (χ2v) is 19.2. The summed E-state index contributed by atoms with van der Waals surface area (Å²) < 4.78 is 4.99. The van der Waals surface area contributed by atoms with Crippen molar-refractivity contribution in [2.45, 2.75) is 0 Å². The fraction of sp³-hybridized carbons (Fsp3) is 0. The molecule has 0 N–H and O–H groups in total. The Morgan fingerprint density at radius 1 is 0.296 bits per heavy atom. The van der Waals surface area contributed by atoms with Gasteiger partial charge in [-0.15, -0.1) is 0 Å². The first-order chi connectivity index (χ1) is 35.3. The number of benzene rings is 11. The molecular weight excluding hydrogens is 860 g/mol. The topological polar surface area (TPSA) is 15.8 Å². The smallest absolute Gasteiger partial charge is 0.252 e. The van der Waals surface area contributed by atoms with Crippen LogP contribution in [0, 0.1) is 0 Å². The van der Waals surface area contributed by atoms with Crippen molar-refractivity contribution in [3.8, 4) is 27.9 Å². The van der Waals surface area contributed by atoms with E-state index in [2.05, 4.69) is 267 Å². The van der Waals surface area contributed by atoms with Gasteiger partial charge < -0.3 is 18.8 Å². The number of anilines is 6. The predicted octanol–water partition coefficient (Wildman–Crippen LogP) is 15.4. The van der Waals surface area contributed by atoms with Gasteiger partial charge in [0.25, 0.3) is 6.71 Å². The highest BCUT2D eigenvalue weighted by molar-refractivity contribution is 7.00. The van der Waals surface area contributed by atoms with Crippen LogP contribution in [0.2, 0.25) is 0 Å². The Kier molecular flexibility index (Phi) is 7.94. The van der Waals surface area contributed by atoms with E-state index in [0.29, 0.717) is 0 Å². The first-order valence-corrected chi connectivity index (χ1v) is 24.6. The minimum atomic E-state index is -0.101. The second kappa shape index (κ2) is 14.6. The molecule has 0 radical (unpaired) electrons. The lowest BCUT2D eigenvalue weighted by Gasteiger charge is -2.45. The zero-order valence-electron chi connectivity index (χ0n) is 38.5. The maximum absolute atomic E-state index is 2.63. The minimum Gasteiger partial charge on any atom is -0.311 e. The third kappa shape index (κ3) is 5.29. The molecule has 0 saturated heterocycles. The molecule has 14 aromatic rings. The van der Waals surface area contributed by atoms with Gasteiger partial charge in [0.2, 0.25) is 0 Å². The molecule has 11 aromatic carbocycles. The van der Waals surface area contributed by atoms with Crippen molar-refractivity contribution >= 4 is 117 Å². The van der Waals surface area contributed by atoms with Crippen LogP contribution < -0.4 is 26.2 Å². The molecule has 2 aliphatic heterocycles. The Bertz CT molecular complexity index is 4410. The average molecular weight is 901 g/mol. The zero-order chi connectivity index (χ0) is 46.3. The maximum Gasteiger partial charge on any atom is 0.252 e. The molecular formula is C66H41BN4. The molecule has 0 amide bonds. The fourth-order valence-electron chi connectivity index (χ4n) is 12.8. The van der Waals surface area contributed by atoms with Crippen molar-refractivity contribution in [1.29, 1.82) is 0 Å². The van der Waals surface area contributed by atoms with Crippen LogP contribution >= 0.6 is 0 Å². The number of nitrogens with zero attached hydrogens (tertiary/aromatic N) is 4. The van der Waals surface area contributed by atoms with Gasteiger partial charge in [-0.1, -0.05) is 188 Å². The summed E-state index contributed by atoms with van der Waals surface area (Å²) in [5, 5.41) is 7.61. The lowest BCUT2D eigenvalue weighted by Crippen LogP contribution is -2.61. The lowest BCUT2D eigenvalue weighted by atomic mass is 9.33. The fourth-order valence-corrected chi connectivity index (χ4v) is 12.8. The molecule has 5 heteroatoms. The van der Waals surface area contributed by atoms with Crippen LogP contribution in [-0.2, 0) is 0 Å². The van der Waals surface area contributed by atoms with E-state index in [1.807, 2.05) is 0 Å². The molecule has 4 nitrogen and oxygen atoms in total. The van der Waals surface area contributed by atoms with Crippen LogP contribution in [-0.4, -0.2) is 15.7 Å². The summed E-state index contributed by atoms with van der Waals surface area (Å²) in [5.41, 5.74) is 22.8. The maximum atomic E-state index is 2.63. The molecule has 0 bridgehead atoms. The van der Waals surface area contributed by atoms with E-state index in [-0.39, 0.29) is 6.71 Å². The molecule has 0 unspecified atom stereocenters. The van der Waals surface area contributed by atoms with E-state index < -0.39 is 0 Å². The van der Waals surface area contributed by atoms with Crippen molar-refractivity contribution in [1.82, 2.24) is 8.97 Å². The summed E-state index contributed by atoms with van der Waals surface area (Å²) in [4.78, 5) is 5.17. The highest BCUT2D eigenvalue weighted by Crippen LogP contribution is 2.51. The van der Waals surface area contributed by atoms with Crippen LogP contribution in [0.5, 0.6) is 0 Å². The molecule has 71 heavy (non-hydrogen) atoms. The number of aromatic nitrogens is 2. The van der Waals surface area contributed by atoms with E-state index in [0.717, 1.165) is 17.1 Å². The highest BCUT2D eigenvalue weighted by atomic mass is 15.2. The molecule has 0 saturated carbocycles. The van der Waals surface area contributed by atoms with Crippen molar-refractivity contribution in [3.63, 3.8) is 0 Å². The van der Waals surface area contributed by atoms with Gasteiger partial charge in [-0.05, 0) is 88.2 Å². The predicted molar refractivity (Wildman–Crippen MR) is 300 cm³/mol. The van der Waals surface area contributed by atoms with Gasteiger partial charge in [0.1, 0.15) is 0 Å². The Labute approximate surface area is 410 Å². The standard InChI is InChI=1S/C66H41BN4/c1-5-20-42(21-6-1)46-30-17-31-47(43-22-7-2-8-23-43)65(46)71-59-37-19-36-58-64(59)67(55-38-52-49-29-14-15-34-56(49)68(60(52)40-63(55)71)44-24-9-3-10-25-44)54-39-53-51-33-18-32-50-48-28-13-16-35-57(48)70(66(50)51)61(53)41-62(54)69(58)45-26-11-4-12-27-45/h1-41H. The molecule has 5 heterocycles. The van der Waals surface area contributed by atoms with Crippen LogP contribution in [0.3, 0.4) is 0 Å². The molecule has 16 rings (SSSR count). The quantitative estimate of drug-likeness (QED) is 0.160. The summed E-state index contributed by atoms with van der Waals surface area (Å²) in [6.45, 7) is -0.101. The molecule has 0 aliphatic carbocycles. The van der Waals surface area contributed by atoms with E-state index in [1.165, 1.54) is 121 Å². The van der Waals surface area contributed by atoms with E-state index in [9.17, 15) is 0 Å². The van der Waals surface area contributed by atoms with Crippen molar-refractivity contribution in [2.24, 2.45) is 0 Å². The number of para-hydroxylation sites is 6. The highest BCUT2D eigenvalue weighted by Gasteiger charge is 2.45. The van der Waals surface area contributed by atoms with Gasteiger partial charge in [-0.25, -0.2) is 0 Å². The van der Waals surface area contributed by atoms with E-state index in [1.54, 1.807) is 0 Å². The largest absolute Gasteiger partial charge is 0.311 e. The third-order valence-corrected chi connectivity index (χ3v) is 15.6. The van der Waals surface area contributed by atoms with Gasteiger partial charge in [0, 0.05) is 77.6 Å². The summed E-state index contributed by atoms with van der Waals surface area (Å²) in [6, 6.07) is 92.5. The van der Waals surface area contributed by atoms with Crippen molar-refractivity contribution < 1.29 is 0 Å². The van der Waals surface area contributed by atoms with E-state index >= 15 is 0 Å². The number of fused-ring (bicyclic) bond motifs is 13. The zero-order valence-corrected chi connectivity index (χ0v) is 38.5. The summed E-state index contributed by atoms with van der Waals surface area (Å²) in [6.07, 6.45) is 0. The molecule has 2 aliphatic rings. The van der Waals surface area contributed by atoms with Crippen LogP contribution in [0.1, 0.15) is 0 Å². The molecule has 328 valence electrons. The van der Waals surface area contributed by atoms with Crippen LogP contribution in [0.4, 0.5) is 34.1 Å². The second-order valence-electron chi connectivity index (χ2n) is 19.2. The van der Waals surface area contributed by atoms with Crippen LogP contribution in [0.25, 0.3) is 87.8 Å². The average Bonchev–Trinajstić information content (AvgIpc) is 4.08. The van der Waals surface area contributed by atoms with Gasteiger partial charge in [0.15, 0.2) is 0 Å². The SMILES string of the molecule is c1ccc(-c2cccc(-c3ccccc3)c2N2c3cc4c(cc3B3c5cc6c7cccc8c9ccccc9n(c6cc5N(c5ccccc5)c5cccc2c53)c87)c2ccccc2n4-c2ccccc2)cc1. The normalized spacial score (nSPS) is 13.0. The molecule has 0 spiro atoms. The Hall–Kier alpha value is -9.32. The summed E-state index contributed by atoms with van der Waals surface area (Å²) in [5.74, 6) is 0. The van der Waals surface area contributed by atoms with Crippen molar-refractivity contribution in [3.05, 3.63) is 249 Å². The minimum absolute atomic E-state index is 0.101. The Morgan fingerprint density at radius 3 is 1.42 bits per heavy atom. The third-order valence-electron chi connectivity index (χ3n) is 15.6. The Morgan fingerprint density at radius 2 is 0.761 bits per heavy atom. The number of hydrogen-bond donors (Lipinski definition) is 0. The molecule has 0 atom stereocenters. The van der Waals surface area contributed by atoms with Gasteiger partial charge >= 0.3 is 0 Å². The first-order valence-electron chi connectivity index (χ1n) is 24.6. The molecule has 3 aromatic heterocycles. The van der Waals surface area contributed by atoms with Gasteiger partial charge in [0.05, 0.1) is 33.3 Å². The van der Waals surface area contributed by atoms with Gasteiger partial charge in [-0.2, -0.15) is 0 Å². The van der Waals surface area contributed by atoms with Gasteiger partial charge in [-0.3, -0.25) is 0 Å². The van der Waals surface area contributed by atoms with E-state index in [4.69, 9.17) is 0 Å². The number of rotatable bonds is 5. The van der Waals surface area contributed by atoms with Crippen molar-refractivity contribution in [2.75, 3.05) is 9.80 Å². The molecule has 0 fully saturated rings. The lowest BCUT2D eigenvalue weighted by molar-refractivity contribution is 1.18.